The minimum Gasteiger partial charge on any atom is -0.478 e. The van der Waals surface area contributed by atoms with E-state index in [0.717, 1.165) is 35.1 Å². The van der Waals surface area contributed by atoms with Crippen LogP contribution in [0.1, 0.15) is 28.0 Å². The van der Waals surface area contributed by atoms with Crippen LogP contribution in [0, 0.1) is 0 Å². The molecule has 1 aliphatic rings. The molecule has 0 amide bonds. The highest BCUT2D eigenvalue weighted by molar-refractivity contribution is 9.11. The van der Waals surface area contributed by atoms with Crippen LogP contribution in [-0.4, -0.2) is 20.9 Å². The molecule has 5 heteroatoms. The molecule has 0 spiro atoms. The van der Waals surface area contributed by atoms with Crippen molar-refractivity contribution < 1.29 is 9.90 Å². The smallest absolute Gasteiger partial charge is 0.335 e. The van der Waals surface area contributed by atoms with Crippen LogP contribution in [0.25, 0.3) is 5.69 Å². The number of carbonyl (C=O) groups is 1. The van der Waals surface area contributed by atoms with Gasteiger partial charge in [-0.05, 0) is 36.6 Å². The normalized spacial score (nSPS) is 18.3. The average molecular weight is 359 g/mol. The molecule has 1 heterocycles. The predicted octanol–water partition coefficient (Wildman–Crippen LogP) is 3.89. The third-order valence-corrected chi connectivity index (χ3v) is 4.16. The Bertz CT molecular complexity index is 775. The molecule has 22 heavy (non-hydrogen) atoms. The number of rotatable bonds is 2. The summed E-state index contributed by atoms with van der Waals surface area (Å²) < 4.78 is 2.87. The number of fused-ring (bicyclic) bond motifs is 1. The maximum absolute atomic E-state index is 11.1. The third kappa shape index (κ3) is 3.20. The zero-order valence-electron chi connectivity index (χ0n) is 11.9. The van der Waals surface area contributed by atoms with Gasteiger partial charge in [-0.3, -0.25) is 0 Å². The fourth-order valence-corrected chi connectivity index (χ4v) is 2.87. The first-order valence-electron chi connectivity index (χ1n) is 7.07. The fourth-order valence-electron chi connectivity index (χ4n) is 2.46. The first-order chi connectivity index (χ1) is 10.6. The second kappa shape index (κ2) is 6.32. The van der Waals surface area contributed by atoms with E-state index >= 15 is 0 Å². The Kier molecular flexibility index (Phi) is 4.24. The monoisotopic (exact) mass is 358 g/mol. The van der Waals surface area contributed by atoms with E-state index in [1.165, 1.54) is 5.56 Å². The molecule has 0 saturated heterocycles. The van der Waals surface area contributed by atoms with E-state index in [2.05, 4.69) is 33.2 Å². The Labute approximate surface area is 136 Å². The summed E-state index contributed by atoms with van der Waals surface area (Å²) in [6.07, 6.45) is 10.9. The largest absolute Gasteiger partial charge is 0.478 e. The number of aryl methyl sites for hydroxylation is 1. The summed E-state index contributed by atoms with van der Waals surface area (Å²) in [6.45, 7) is 0. The highest BCUT2D eigenvalue weighted by Crippen LogP contribution is 2.20. The summed E-state index contributed by atoms with van der Waals surface area (Å²) in [7, 11) is 0. The Morgan fingerprint density at radius 1 is 1.36 bits per heavy atom. The summed E-state index contributed by atoms with van der Waals surface area (Å²) in [6, 6.07) is 6.83. The topological polar surface area (TPSA) is 55.1 Å². The Balaban J connectivity index is 1.95. The van der Waals surface area contributed by atoms with Crippen molar-refractivity contribution in [3.05, 3.63) is 70.0 Å². The summed E-state index contributed by atoms with van der Waals surface area (Å²) in [5, 5.41) is 13.7. The number of halogens is 1. The molecule has 0 bridgehead atoms. The number of allylic oxidation sites excluding steroid dienone is 4. The van der Waals surface area contributed by atoms with Gasteiger partial charge in [0.25, 0.3) is 0 Å². The molecule has 0 unspecified atom stereocenters. The summed E-state index contributed by atoms with van der Waals surface area (Å²) in [4.78, 5) is 11.1. The van der Waals surface area contributed by atoms with Crippen molar-refractivity contribution in [1.29, 1.82) is 0 Å². The zero-order valence-corrected chi connectivity index (χ0v) is 13.5. The molecule has 4 nitrogen and oxygen atoms in total. The van der Waals surface area contributed by atoms with Gasteiger partial charge in [-0.1, -0.05) is 40.2 Å². The van der Waals surface area contributed by atoms with E-state index in [4.69, 9.17) is 5.11 Å². The standard InChI is InChI=1S/C17H15BrN2O2/c18-14-6-1-5-13-11-20(19-16(13)9-3-7-14)15-8-2-4-12(10-15)17(21)22/h2-4,6-8,10-11H,1,5,9H2,(H,21,22)/b7-3-,14-6+. The molecule has 0 radical (unpaired) electrons. The number of hydrogen-bond donors (Lipinski definition) is 1. The summed E-state index contributed by atoms with van der Waals surface area (Å²) in [5.74, 6) is -0.929. The van der Waals surface area contributed by atoms with Crippen molar-refractivity contribution in [2.24, 2.45) is 0 Å². The van der Waals surface area contributed by atoms with Crippen molar-refractivity contribution in [1.82, 2.24) is 9.78 Å². The highest BCUT2D eigenvalue weighted by Gasteiger charge is 2.11. The summed E-state index contributed by atoms with van der Waals surface area (Å²) in [5.41, 5.74) is 3.27. The van der Waals surface area contributed by atoms with Crippen LogP contribution in [-0.2, 0) is 12.8 Å². The quantitative estimate of drug-likeness (QED) is 0.885. The molecule has 0 saturated carbocycles. The molecule has 1 aromatic carbocycles. The van der Waals surface area contributed by atoms with E-state index in [-0.39, 0.29) is 5.56 Å². The molecule has 2 aromatic rings. The van der Waals surface area contributed by atoms with E-state index in [1.807, 2.05) is 18.3 Å². The Morgan fingerprint density at radius 2 is 2.23 bits per heavy atom. The van der Waals surface area contributed by atoms with Crippen LogP contribution in [0.3, 0.4) is 0 Å². The van der Waals surface area contributed by atoms with Crippen LogP contribution >= 0.6 is 15.9 Å². The minimum atomic E-state index is -0.929. The Hall–Kier alpha value is -2.14. The van der Waals surface area contributed by atoms with Crippen molar-refractivity contribution in [2.45, 2.75) is 19.3 Å². The number of nitrogens with zero attached hydrogens (tertiary/aromatic N) is 2. The van der Waals surface area contributed by atoms with Gasteiger partial charge in [-0.25, -0.2) is 9.48 Å². The molecular weight excluding hydrogens is 344 g/mol. The Morgan fingerprint density at radius 3 is 3.05 bits per heavy atom. The lowest BCUT2D eigenvalue weighted by Gasteiger charge is -2.02. The molecular formula is C17H15BrN2O2. The third-order valence-electron chi connectivity index (χ3n) is 3.58. The van der Waals surface area contributed by atoms with Gasteiger partial charge in [0.15, 0.2) is 0 Å². The lowest BCUT2D eigenvalue weighted by Crippen LogP contribution is -2.00. The van der Waals surface area contributed by atoms with Crippen LogP contribution in [0.4, 0.5) is 0 Å². The van der Waals surface area contributed by atoms with Gasteiger partial charge in [-0.15, -0.1) is 0 Å². The average Bonchev–Trinajstić information content (AvgIpc) is 2.92. The number of benzene rings is 1. The number of hydrogen-bond acceptors (Lipinski definition) is 2. The van der Waals surface area contributed by atoms with Gasteiger partial charge in [0, 0.05) is 17.1 Å². The van der Waals surface area contributed by atoms with Crippen molar-refractivity contribution in [3.63, 3.8) is 0 Å². The first kappa shape index (κ1) is 14.8. The number of aromatic nitrogens is 2. The molecule has 0 fully saturated rings. The van der Waals surface area contributed by atoms with Gasteiger partial charge >= 0.3 is 5.97 Å². The molecule has 3 rings (SSSR count). The molecule has 1 aromatic heterocycles. The molecule has 1 aliphatic carbocycles. The maximum atomic E-state index is 11.1. The van der Waals surface area contributed by atoms with Crippen molar-refractivity contribution >= 4 is 21.9 Å². The van der Waals surface area contributed by atoms with Crippen LogP contribution < -0.4 is 0 Å². The van der Waals surface area contributed by atoms with Gasteiger partial charge in [0.05, 0.1) is 16.9 Å². The van der Waals surface area contributed by atoms with Crippen LogP contribution in [0.15, 0.2) is 53.2 Å². The summed E-state index contributed by atoms with van der Waals surface area (Å²) >= 11 is 3.51. The van der Waals surface area contributed by atoms with Crippen LogP contribution in [0.5, 0.6) is 0 Å². The molecule has 112 valence electrons. The zero-order chi connectivity index (χ0) is 15.5. The fraction of sp³-hybridized carbons (Fsp3) is 0.176. The van der Waals surface area contributed by atoms with Gasteiger partial charge in [0.1, 0.15) is 0 Å². The predicted molar refractivity (Wildman–Crippen MR) is 88.7 cm³/mol. The second-order valence-electron chi connectivity index (χ2n) is 5.14. The van der Waals surface area contributed by atoms with E-state index in [1.54, 1.807) is 22.9 Å². The lowest BCUT2D eigenvalue weighted by molar-refractivity contribution is 0.0697. The second-order valence-corrected chi connectivity index (χ2v) is 6.05. The SMILES string of the molecule is O=C(O)c1cccc(-n2cc3c(n2)C/C=C\C(Br)=C/CC3)c1. The lowest BCUT2D eigenvalue weighted by atomic mass is 10.1. The van der Waals surface area contributed by atoms with Gasteiger partial charge in [-0.2, -0.15) is 5.10 Å². The van der Waals surface area contributed by atoms with E-state index in [9.17, 15) is 4.79 Å². The molecule has 0 atom stereocenters. The number of carboxylic acids is 1. The molecule has 1 N–H and O–H groups in total. The maximum Gasteiger partial charge on any atom is 0.335 e. The van der Waals surface area contributed by atoms with Crippen molar-refractivity contribution in [2.75, 3.05) is 0 Å². The van der Waals surface area contributed by atoms with Crippen molar-refractivity contribution in [3.8, 4) is 5.69 Å². The number of carboxylic acid groups (broad SMARTS) is 1. The first-order valence-corrected chi connectivity index (χ1v) is 7.86. The molecule has 0 aliphatic heterocycles. The van der Waals surface area contributed by atoms with E-state index in [0.29, 0.717) is 0 Å². The van der Waals surface area contributed by atoms with Crippen LogP contribution in [0.2, 0.25) is 0 Å². The van der Waals surface area contributed by atoms with Gasteiger partial charge < -0.3 is 5.11 Å². The van der Waals surface area contributed by atoms with Gasteiger partial charge in [0.2, 0.25) is 0 Å². The number of aromatic carboxylic acids is 1. The minimum absolute atomic E-state index is 0.268. The highest BCUT2D eigenvalue weighted by atomic mass is 79.9. The van der Waals surface area contributed by atoms with E-state index < -0.39 is 5.97 Å².